The summed E-state index contributed by atoms with van der Waals surface area (Å²) in [6.45, 7) is 4.52. The van der Waals surface area contributed by atoms with Gasteiger partial charge in [-0.2, -0.15) is 0 Å². The molecular formula is C24H33NS. The lowest BCUT2D eigenvalue weighted by Crippen LogP contribution is -2.39. The summed E-state index contributed by atoms with van der Waals surface area (Å²) in [6.07, 6.45) is 8.20. The largest absolute Gasteiger partial charge is 0.377 e. The van der Waals surface area contributed by atoms with E-state index in [2.05, 4.69) is 79.8 Å². The van der Waals surface area contributed by atoms with E-state index in [0.29, 0.717) is 12.0 Å². The number of unbranched alkanes of at least 4 members (excludes halogenated alkanes) is 2. The van der Waals surface area contributed by atoms with E-state index in [1.807, 2.05) is 0 Å². The molecule has 0 aromatic heterocycles. The van der Waals surface area contributed by atoms with Crippen LogP contribution in [0.5, 0.6) is 0 Å². The van der Waals surface area contributed by atoms with Crippen LogP contribution >= 0.6 is 12.2 Å². The summed E-state index contributed by atoms with van der Waals surface area (Å²) in [5.74, 6) is 0.343. The normalized spacial score (nSPS) is 12.1. The molecule has 1 N–H and O–H groups in total. The van der Waals surface area contributed by atoms with Crippen molar-refractivity contribution in [1.29, 1.82) is 0 Å². The molecular weight excluding hydrogens is 334 g/mol. The summed E-state index contributed by atoms with van der Waals surface area (Å²) in [4.78, 5) is 1.03. The maximum absolute atomic E-state index is 5.88. The second kappa shape index (κ2) is 11.9. The van der Waals surface area contributed by atoms with Gasteiger partial charge >= 0.3 is 0 Å². The number of hydrogen-bond acceptors (Lipinski definition) is 1. The van der Waals surface area contributed by atoms with E-state index in [1.165, 1.54) is 36.8 Å². The molecule has 0 bridgehead atoms. The summed E-state index contributed by atoms with van der Waals surface area (Å²) in [7, 11) is 0. The van der Waals surface area contributed by atoms with Crippen molar-refractivity contribution in [2.45, 2.75) is 64.8 Å². The number of benzene rings is 2. The standard InChI is InChI=1S/C24H33NS/c1-3-5-8-17-23(4-2)25-24(26)22(18-20-13-9-6-10-14-20)19-21-15-11-7-12-16-21/h6-7,9-16,22-23H,3-5,8,17-19H2,1-2H3,(H,25,26). The topological polar surface area (TPSA) is 12.0 Å². The lowest BCUT2D eigenvalue weighted by Gasteiger charge is -2.25. The third-order valence-corrected chi connectivity index (χ3v) is 5.47. The van der Waals surface area contributed by atoms with E-state index >= 15 is 0 Å². The molecule has 0 spiro atoms. The molecule has 2 aromatic rings. The van der Waals surface area contributed by atoms with Crippen LogP contribution in [0.2, 0.25) is 0 Å². The summed E-state index contributed by atoms with van der Waals surface area (Å²) < 4.78 is 0. The third kappa shape index (κ3) is 7.29. The number of thiocarbonyl (C=S) groups is 1. The second-order valence-corrected chi connectivity index (χ2v) is 7.63. The first kappa shape index (κ1) is 20.6. The zero-order valence-corrected chi connectivity index (χ0v) is 17.1. The van der Waals surface area contributed by atoms with Crippen LogP contribution in [0.3, 0.4) is 0 Å². The monoisotopic (exact) mass is 367 g/mol. The molecule has 0 aliphatic heterocycles. The quantitative estimate of drug-likeness (QED) is 0.366. The summed E-state index contributed by atoms with van der Waals surface area (Å²) in [6, 6.07) is 22.0. The van der Waals surface area contributed by atoms with Crippen molar-refractivity contribution in [2.24, 2.45) is 5.92 Å². The van der Waals surface area contributed by atoms with Crippen LogP contribution in [0.4, 0.5) is 0 Å². The Morgan fingerprint density at radius 2 is 1.38 bits per heavy atom. The minimum Gasteiger partial charge on any atom is -0.377 e. The fraction of sp³-hybridized carbons (Fsp3) is 0.458. The predicted molar refractivity (Wildman–Crippen MR) is 118 cm³/mol. The summed E-state index contributed by atoms with van der Waals surface area (Å²) >= 11 is 5.88. The summed E-state index contributed by atoms with van der Waals surface area (Å²) in [5.41, 5.74) is 2.72. The first-order valence-electron chi connectivity index (χ1n) is 10.1. The Morgan fingerprint density at radius 3 is 1.85 bits per heavy atom. The van der Waals surface area contributed by atoms with Crippen molar-refractivity contribution in [3.8, 4) is 0 Å². The van der Waals surface area contributed by atoms with Gasteiger partial charge in [-0.3, -0.25) is 0 Å². The molecule has 0 radical (unpaired) electrons. The molecule has 0 heterocycles. The molecule has 0 fully saturated rings. The Balaban J connectivity index is 2.04. The molecule has 2 aromatic carbocycles. The molecule has 0 saturated carbocycles. The van der Waals surface area contributed by atoms with Gasteiger partial charge in [0.05, 0.1) is 4.99 Å². The minimum atomic E-state index is 0.343. The molecule has 0 aliphatic carbocycles. The average molecular weight is 368 g/mol. The SMILES string of the molecule is CCCCCC(CC)NC(=S)C(Cc1ccccc1)Cc1ccccc1. The zero-order valence-electron chi connectivity index (χ0n) is 16.3. The number of hydrogen-bond donors (Lipinski definition) is 1. The Kier molecular flexibility index (Phi) is 9.41. The van der Waals surface area contributed by atoms with Gasteiger partial charge in [-0.15, -0.1) is 0 Å². The van der Waals surface area contributed by atoms with Crippen molar-refractivity contribution in [1.82, 2.24) is 5.32 Å². The molecule has 26 heavy (non-hydrogen) atoms. The van der Waals surface area contributed by atoms with Gasteiger partial charge < -0.3 is 5.32 Å². The minimum absolute atomic E-state index is 0.343. The van der Waals surface area contributed by atoms with Crippen molar-refractivity contribution in [2.75, 3.05) is 0 Å². The summed E-state index contributed by atoms with van der Waals surface area (Å²) in [5, 5.41) is 3.70. The highest BCUT2D eigenvalue weighted by atomic mass is 32.1. The van der Waals surface area contributed by atoms with Crippen LogP contribution < -0.4 is 5.32 Å². The molecule has 1 nitrogen and oxygen atoms in total. The Morgan fingerprint density at radius 1 is 0.846 bits per heavy atom. The fourth-order valence-electron chi connectivity index (χ4n) is 3.39. The first-order valence-corrected chi connectivity index (χ1v) is 10.5. The van der Waals surface area contributed by atoms with Crippen LogP contribution in [0.1, 0.15) is 57.1 Å². The van der Waals surface area contributed by atoms with Crippen molar-refractivity contribution in [3.05, 3.63) is 71.8 Å². The van der Waals surface area contributed by atoms with Crippen LogP contribution in [0, 0.1) is 5.92 Å². The van der Waals surface area contributed by atoms with Gasteiger partial charge in [-0.25, -0.2) is 0 Å². The lowest BCUT2D eigenvalue weighted by molar-refractivity contribution is 0.498. The Labute approximate surface area is 165 Å². The molecule has 0 saturated heterocycles. The molecule has 1 atom stereocenters. The van der Waals surface area contributed by atoms with Crippen molar-refractivity contribution in [3.63, 3.8) is 0 Å². The smallest absolute Gasteiger partial charge is 0.0793 e. The second-order valence-electron chi connectivity index (χ2n) is 7.19. The van der Waals surface area contributed by atoms with Gasteiger partial charge in [-0.05, 0) is 36.8 Å². The van der Waals surface area contributed by atoms with Gasteiger partial charge in [0.1, 0.15) is 0 Å². The zero-order chi connectivity index (χ0) is 18.6. The van der Waals surface area contributed by atoms with Gasteiger partial charge in [0, 0.05) is 12.0 Å². The Hall–Kier alpha value is -1.67. The maximum Gasteiger partial charge on any atom is 0.0793 e. The van der Waals surface area contributed by atoms with Gasteiger partial charge in [-0.1, -0.05) is 106 Å². The van der Waals surface area contributed by atoms with Crippen molar-refractivity contribution < 1.29 is 0 Å². The van der Waals surface area contributed by atoms with E-state index in [9.17, 15) is 0 Å². The fourth-order valence-corrected chi connectivity index (χ4v) is 3.73. The van der Waals surface area contributed by atoms with Crippen LogP contribution in [0.25, 0.3) is 0 Å². The van der Waals surface area contributed by atoms with Crippen LogP contribution in [-0.2, 0) is 12.8 Å². The van der Waals surface area contributed by atoms with Gasteiger partial charge in [0.15, 0.2) is 0 Å². The van der Waals surface area contributed by atoms with E-state index in [4.69, 9.17) is 12.2 Å². The molecule has 2 rings (SSSR count). The average Bonchev–Trinajstić information content (AvgIpc) is 2.68. The third-order valence-electron chi connectivity index (χ3n) is 5.02. The lowest BCUT2D eigenvalue weighted by atomic mass is 9.91. The van der Waals surface area contributed by atoms with Gasteiger partial charge in [0.25, 0.3) is 0 Å². The van der Waals surface area contributed by atoms with E-state index in [-0.39, 0.29) is 0 Å². The molecule has 1 unspecified atom stereocenters. The van der Waals surface area contributed by atoms with E-state index in [0.717, 1.165) is 24.3 Å². The number of rotatable bonds is 11. The number of nitrogens with one attached hydrogen (secondary N) is 1. The predicted octanol–water partition coefficient (Wildman–Crippen LogP) is 6.36. The van der Waals surface area contributed by atoms with Crippen molar-refractivity contribution >= 4 is 17.2 Å². The highest BCUT2D eigenvalue weighted by molar-refractivity contribution is 7.80. The molecule has 0 aliphatic rings. The molecule has 0 amide bonds. The Bertz CT molecular complexity index is 582. The highest BCUT2D eigenvalue weighted by Gasteiger charge is 2.18. The van der Waals surface area contributed by atoms with Crippen LogP contribution in [-0.4, -0.2) is 11.0 Å². The highest BCUT2D eigenvalue weighted by Crippen LogP contribution is 2.17. The molecule has 2 heteroatoms. The van der Waals surface area contributed by atoms with Gasteiger partial charge in [0.2, 0.25) is 0 Å². The van der Waals surface area contributed by atoms with E-state index in [1.54, 1.807) is 0 Å². The maximum atomic E-state index is 5.88. The first-order chi connectivity index (χ1) is 12.7. The van der Waals surface area contributed by atoms with E-state index < -0.39 is 0 Å². The molecule has 140 valence electrons. The van der Waals surface area contributed by atoms with Crippen LogP contribution in [0.15, 0.2) is 60.7 Å².